The Bertz CT molecular complexity index is 241. The molecular weight excluding hydrogens is 208 g/mol. The van der Waals surface area contributed by atoms with E-state index in [9.17, 15) is 15.0 Å². The summed E-state index contributed by atoms with van der Waals surface area (Å²) in [4.78, 5) is 11.3. The average Bonchev–Trinajstić information content (AvgIpc) is 2.19. The lowest BCUT2D eigenvalue weighted by atomic mass is 9.94. The Hall–Kier alpha value is -0.570. The third-order valence-electron chi connectivity index (χ3n) is 2.28. The fourth-order valence-electron chi connectivity index (χ4n) is 1.33. The van der Waals surface area contributed by atoms with E-state index in [4.69, 9.17) is 15.3 Å². The largest absolute Gasteiger partial charge is 0.387 e. The van der Waals surface area contributed by atoms with Crippen LogP contribution in [-0.2, 0) is 9.53 Å². The second-order valence-electron chi connectivity index (χ2n) is 3.50. The summed E-state index contributed by atoms with van der Waals surface area (Å²) in [5, 5.41) is 45.8. The van der Waals surface area contributed by atoms with Crippen LogP contribution in [0.25, 0.3) is 0 Å². The summed E-state index contributed by atoms with van der Waals surface area (Å²) >= 11 is 0. The number of ether oxygens (including phenoxy) is 1. The summed E-state index contributed by atoms with van der Waals surface area (Å²) in [6.45, 7) is 1.17. The van der Waals surface area contributed by atoms with Gasteiger partial charge in [-0.2, -0.15) is 0 Å². The third-order valence-corrected chi connectivity index (χ3v) is 2.28. The van der Waals surface area contributed by atoms with Gasteiger partial charge in [-0.05, 0) is 6.92 Å². The minimum Gasteiger partial charge on any atom is -0.387 e. The average molecular weight is 222 g/mol. The Morgan fingerprint density at radius 2 is 1.67 bits per heavy atom. The Morgan fingerprint density at radius 3 is 2.13 bits per heavy atom. The fourth-order valence-corrected chi connectivity index (χ4v) is 1.33. The van der Waals surface area contributed by atoms with E-state index in [2.05, 4.69) is 4.74 Å². The van der Waals surface area contributed by atoms with Gasteiger partial charge in [0, 0.05) is 0 Å². The van der Waals surface area contributed by atoms with Gasteiger partial charge < -0.3 is 30.3 Å². The van der Waals surface area contributed by atoms with Gasteiger partial charge in [0.05, 0.1) is 0 Å². The Morgan fingerprint density at radius 1 is 1.13 bits per heavy atom. The molecule has 0 aromatic heterocycles. The van der Waals surface area contributed by atoms with Crippen LogP contribution in [0.15, 0.2) is 0 Å². The standard InChI is InChI=1S/C8H14O7/c1-2(9)3(10)7-5(12)4(11)6(13)8(14)15-7/h2,4-9,11-14H,1H3/t2?,4-,5-,6+,7+,8-/m0/s1. The van der Waals surface area contributed by atoms with Crippen LogP contribution in [0.2, 0.25) is 0 Å². The van der Waals surface area contributed by atoms with Gasteiger partial charge in [-0.3, -0.25) is 4.79 Å². The molecule has 0 spiro atoms. The van der Waals surface area contributed by atoms with Gasteiger partial charge in [0.2, 0.25) is 0 Å². The van der Waals surface area contributed by atoms with Crippen LogP contribution in [0, 0.1) is 0 Å². The Labute approximate surface area is 85.5 Å². The predicted molar refractivity (Wildman–Crippen MR) is 45.6 cm³/mol. The Kier molecular flexibility index (Phi) is 3.77. The topological polar surface area (TPSA) is 127 Å². The lowest BCUT2D eigenvalue weighted by molar-refractivity contribution is -0.276. The molecular formula is C8H14O7. The van der Waals surface area contributed by atoms with Crippen LogP contribution in [0.1, 0.15) is 6.92 Å². The van der Waals surface area contributed by atoms with Crippen LogP contribution in [0.5, 0.6) is 0 Å². The first-order valence-electron chi connectivity index (χ1n) is 4.45. The van der Waals surface area contributed by atoms with Crippen LogP contribution < -0.4 is 0 Å². The fraction of sp³-hybridized carbons (Fsp3) is 0.875. The van der Waals surface area contributed by atoms with Crippen molar-refractivity contribution < 1.29 is 35.1 Å². The van der Waals surface area contributed by atoms with Gasteiger partial charge in [-0.15, -0.1) is 0 Å². The SMILES string of the molecule is CC(O)C(=O)[C@H]1O[C@H](O)[C@H](O)[C@@H](O)[C@@H]1O. The van der Waals surface area contributed by atoms with Crippen molar-refractivity contribution in [2.45, 2.75) is 43.7 Å². The molecule has 0 aromatic rings. The van der Waals surface area contributed by atoms with Crippen molar-refractivity contribution in [3.63, 3.8) is 0 Å². The van der Waals surface area contributed by atoms with Crippen LogP contribution in [0.3, 0.4) is 0 Å². The molecule has 15 heavy (non-hydrogen) atoms. The number of aliphatic hydroxyl groups is 5. The number of ketones is 1. The molecule has 0 aromatic carbocycles. The molecule has 1 aliphatic rings. The van der Waals surface area contributed by atoms with E-state index in [-0.39, 0.29) is 0 Å². The molecule has 1 saturated heterocycles. The zero-order valence-corrected chi connectivity index (χ0v) is 8.02. The van der Waals surface area contributed by atoms with Crippen molar-refractivity contribution in [1.29, 1.82) is 0 Å². The lowest BCUT2D eigenvalue weighted by Gasteiger charge is -2.37. The Balaban J connectivity index is 2.79. The molecule has 0 amide bonds. The first-order chi connectivity index (χ1) is 6.86. The molecule has 5 N–H and O–H groups in total. The minimum absolute atomic E-state index is 0.868. The van der Waals surface area contributed by atoms with E-state index in [0.717, 1.165) is 0 Å². The molecule has 1 heterocycles. The van der Waals surface area contributed by atoms with E-state index in [1.54, 1.807) is 0 Å². The van der Waals surface area contributed by atoms with Gasteiger partial charge in [0.1, 0.15) is 24.4 Å². The first-order valence-corrected chi connectivity index (χ1v) is 4.45. The van der Waals surface area contributed by atoms with Gasteiger partial charge in [-0.1, -0.05) is 0 Å². The van der Waals surface area contributed by atoms with Crippen molar-refractivity contribution in [2.24, 2.45) is 0 Å². The summed E-state index contributed by atoms with van der Waals surface area (Å²) in [6, 6.07) is 0. The molecule has 0 saturated carbocycles. The maximum Gasteiger partial charge on any atom is 0.192 e. The maximum absolute atomic E-state index is 11.3. The lowest BCUT2D eigenvalue weighted by Crippen LogP contribution is -2.60. The quantitative estimate of drug-likeness (QED) is 0.332. The number of carbonyl (C=O) groups is 1. The van der Waals surface area contributed by atoms with E-state index >= 15 is 0 Å². The highest BCUT2D eigenvalue weighted by Crippen LogP contribution is 2.21. The maximum atomic E-state index is 11.3. The van der Waals surface area contributed by atoms with Crippen molar-refractivity contribution in [3.8, 4) is 0 Å². The highest BCUT2D eigenvalue weighted by atomic mass is 16.6. The molecule has 0 radical (unpaired) electrons. The number of hydrogen-bond donors (Lipinski definition) is 5. The molecule has 7 heteroatoms. The van der Waals surface area contributed by atoms with E-state index in [1.165, 1.54) is 6.92 Å². The number of aliphatic hydroxyl groups excluding tert-OH is 5. The van der Waals surface area contributed by atoms with Crippen molar-refractivity contribution in [3.05, 3.63) is 0 Å². The molecule has 7 nitrogen and oxygen atoms in total. The highest BCUT2D eigenvalue weighted by molar-refractivity contribution is 5.87. The number of rotatable bonds is 2. The molecule has 0 aliphatic carbocycles. The summed E-state index contributed by atoms with van der Waals surface area (Å²) < 4.78 is 4.59. The molecule has 0 bridgehead atoms. The van der Waals surface area contributed by atoms with Crippen LogP contribution in [0.4, 0.5) is 0 Å². The van der Waals surface area contributed by atoms with Gasteiger partial charge in [0.25, 0.3) is 0 Å². The number of hydrogen-bond acceptors (Lipinski definition) is 7. The molecule has 1 fully saturated rings. The highest BCUT2D eigenvalue weighted by Gasteiger charge is 2.46. The zero-order chi connectivity index (χ0) is 11.7. The number of Topliss-reactive ketones (excluding diaryl/α,β-unsaturated/α-hetero) is 1. The van der Waals surface area contributed by atoms with Crippen LogP contribution in [-0.4, -0.2) is 68.1 Å². The summed E-state index contributed by atoms with van der Waals surface area (Å²) in [5.74, 6) is -0.868. The van der Waals surface area contributed by atoms with Crippen molar-refractivity contribution in [2.75, 3.05) is 0 Å². The molecule has 6 atom stereocenters. The monoisotopic (exact) mass is 222 g/mol. The van der Waals surface area contributed by atoms with Gasteiger partial charge in [-0.25, -0.2) is 0 Å². The predicted octanol–water partition coefficient (Wildman–Crippen LogP) is -3.26. The molecule has 1 rings (SSSR count). The first kappa shape index (κ1) is 12.5. The van der Waals surface area contributed by atoms with Gasteiger partial charge >= 0.3 is 0 Å². The third kappa shape index (κ3) is 2.33. The van der Waals surface area contributed by atoms with E-state index < -0.39 is 42.6 Å². The second kappa shape index (κ2) is 4.52. The van der Waals surface area contributed by atoms with Crippen molar-refractivity contribution >= 4 is 5.78 Å². The van der Waals surface area contributed by atoms with E-state index in [0.29, 0.717) is 0 Å². The normalized spacial score (nSPS) is 43.7. The second-order valence-corrected chi connectivity index (χ2v) is 3.50. The zero-order valence-electron chi connectivity index (χ0n) is 8.02. The minimum atomic E-state index is -1.77. The molecule has 88 valence electrons. The van der Waals surface area contributed by atoms with E-state index in [1.807, 2.05) is 0 Å². The molecule has 1 aliphatic heterocycles. The smallest absolute Gasteiger partial charge is 0.192 e. The van der Waals surface area contributed by atoms with Crippen LogP contribution >= 0.6 is 0 Å². The summed E-state index contributed by atoms with van der Waals surface area (Å²) in [6.07, 6.45) is -9.75. The number of carbonyl (C=O) groups excluding carboxylic acids is 1. The summed E-state index contributed by atoms with van der Waals surface area (Å²) in [5.41, 5.74) is 0. The van der Waals surface area contributed by atoms with Gasteiger partial charge in [0.15, 0.2) is 18.2 Å². The molecule has 1 unspecified atom stereocenters. The van der Waals surface area contributed by atoms with Crippen molar-refractivity contribution in [1.82, 2.24) is 0 Å². The summed E-state index contributed by atoms with van der Waals surface area (Å²) in [7, 11) is 0.